The number of carboxylic acid groups (broad SMARTS) is 1. The normalized spacial score (nSPS) is 15.3. The molecule has 158 valence electrons. The molecule has 0 spiro atoms. The molecule has 1 heterocycles. The van der Waals surface area contributed by atoms with E-state index in [1.807, 2.05) is 31.2 Å². The number of para-hydroxylation sites is 1. The Morgan fingerprint density at radius 1 is 1.17 bits per heavy atom. The van der Waals surface area contributed by atoms with Crippen molar-refractivity contribution in [3.8, 4) is 0 Å². The van der Waals surface area contributed by atoms with Gasteiger partial charge in [0.2, 0.25) is 11.8 Å². The summed E-state index contributed by atoms with van der Waals surface area (Å²) in [6.45, 7) is 2.83. The van der Waals surface area contributed by atoms with Crippen molar-refractivity contribution in [2.45, 2.75) is 44.8 Å². The minimum absolute atomic E-state index is 0.236. The molecule has 4 atom stereocenters. The van der Waals surface area contributed by atoms with E-state index in [1.165, 1.54) is 0 Å². The molecule has 29 heavy (non-hydrogen) atoms. The lowest BCUT2D eigenvalue weighted by Crippen LogP contribution is -2.57. The Bertz CT molecular complexity index is 865. The number of fused-ring (bicyclic) bond motifs is 1. The highest BCUT2D eigenvalue weighted by atomic mass is 16.4. The summed E-state index contributed by atoms with van der Waals surface area (Å²) in [4.78, 5) is 39.3. The highest BCUT2D eigenvalue weighted by Gasteiger charge is 2.30. The molecule has 7 N–H and O–H groups in total. The third-order valence-electron chi connectivity index (χ3n) is 5.04. The van der Waals surface area contributed by atoms with Crippen LogP contribution < -0.4 is 16.4 Å². The maximum Gasteiger partial charge on any atom is 0.326 e. The Balaban J connectivity index is 2.00. The second-order valence-electron chi connectivity index (χ2n) is 7.12. The monoisotopic (exact) mass is 404 g/mol. The maximum absolute atomic E-state index is 12.4. The molecule has 9 heteroatoms. The zero-order valence-corrected chi connectivity index (χ0v) is 16.5. The number of aromatic amines is 1. The average molecular weight is 404 g/mol. The van der Waals surface area contributed by atoms with E-state index in [0.717, 1.165) is 16.5 Å². The predicted molar refractivity (Wildman–Crippen MR) is 108 cm³/mol. The molecule has 0 aliphatic carbocycles. The van der Waals surface area contributed by atoms with Crippen LogP contribution in [0.3, 0.4) is 0 Å². The molecule has 2 amide bonds. The number of amides is 2. The number of H-pyrrole nitrogens is 1. The maximum atomic E-state index is 12.4. The van der Waals surface area contributed by atoms with Crippen LogP contribution in [-0.4, -0.2) is 57.7 Å². The van der Waals surface area contributed by atoms with Gasteiger partial charge in [-0.05, 0) is 24.0 Å². The van der Waals surface area contributed by atoms with Gasteiger partial charge in [0, 0.05) is 17.1 Å². The van der Waals surface area contributed by atoms with Crippen LogP contribution in [0.4, 0.5) is 0 Å². The molecular weight excluding hydrogens is 376 g/mol. The van der Waals surface area contributed by atoms with Gasteiger partial charge in [0.15, 0.2) is 0 Å². The fourth-order valence-corrected chi connectivity index (χ4v) is 3.04. The second kappa shape index (κ2) is 10.0. The summed E-state index contributed by atoms with van der Waals surface area (Å²) in [5.74, 6) is -2.87. The highest BCUT2D eigenvalue weighted by molar-refractivity contribution is 5.92. The lowest BCUT2D eigenvalue weighted by atomic mass is 9.99. The van der Waals surface area contributed by atoms with Gasteiger partial charge >= 0.3 is 5.97 Å². The van der Waals surface area contributed by atoms with Gasteiger partial charge in [-0.15, -0.1) is 0 Å². The van der Waals surface area contributed by atoms with Crippen molar-refractivity contribution < 1.29 is 24.6 Å². The number of carbonyl (C=O) groups excluding carboxylic acids is 2. The zero-order valence-electron chi connectivity index (χ0n) is 16.5. The number of hydrogen-bond acceptors (Lipinski definition) is 5. The van der Waals surface area contributed by atoms with E-state index in [-0.39, 0.29) is 12.3 Å². The number of aliphatic hydroxyl groups is 1. The first-order valence-electron chi connectivity index (χ1n) is 9.53. The van der Waals surface area contributed by atoms with Crippen molar-refractivity contribution in [1.29, 1.82) is 0 Å². The van der Waals surface area contributed by atoms with E-state index in [9.17, 15) is 24.6 Å². The van der Waals surface area contributed by atoms with Gasteiger partial charge in [0.1, 0.15) is 12.1 Å². The number of rotatable bonds is 10. The molecule has 2 rings (SSSR count). The Labute approximate surface area is 168 Å². The van der Waals surface area contributed by atoms with Crippen molar-refractivity contribution in [1.82, 2.24) is 15.6 Å². The van der Waals surface area contributed by atoms with Crippen LogP contribution in [0.1, 0.15) is 25.8 Å². The molecule has 0 radical (unpaired) electrons. The zero-order chi connectivity index (χ0) is 21.6. The minimum atomic E-state index is -1.29. The quantitative estimate of drug-likeness (QED) is 0.330. The van der Waals surface area contributed by atoms with Gasteiger partial charge in [-0.3, -0.25) is 9.59 Å². The largest absolute Gasteiger partial charge is 0.480 e. The summed E-state index contributed by atoms with van der Waals surface area (Å²) >= 11 is 0. The van der Waals surface area contributed by atoms with Crippen molar-refractivity contribution in [2.75, 3.05) is 6.61 Å². The van der Waals surface area contributed by atoms with Gasteiger partial charge in [0.25, 0.3) is 0 Å². The van der Waals surface area contributed by atoms with Crippen molar-refractivity contribution >= 4 is 28.7 Å². The molecule has 1 aromatic carbocycles. The van der Waals surface area contributed by atoms with Crippen molar-refractivity contribution in [2.24, 2.45) is 11.7 Å². The van der Waals surface area contributed by atoms with E-state index in [1.54, 1.807) is 13.1 Å². The molecule has 0 unspecified atom stereocenters. The summed E-state index contributed by atoms with van der Waals surface area (Å²) in [6.07, 6.45) is 2.56. The number of nitrogens with one attached hydrogen (secondary N) is 3. The fourth-order valence-electron chi connectivity index (χ4n) is 3.04. The Kier molecular flexibility index (Phi) is 7.74. The number of nitrogens with two attached hydrogens (primary N) is 1. The number of aromatic nitrogens is 1. The van der Waals surface area contributed by atoms with Crippen LogP contribution in [0, 0.1) is 5.92 Å². The van der Waals surface area contributed by atoms with Crippen LogP contribution in [0.25, 0.3) is 10.9 Å². The van der Waals surface area contributed by atoms with Crippen molar-refractivity contribution in [3.63, 3.8) is 0 Å². The summed E-state index contributed by atoms with van der Waals surface area (Å²) in [7, 11) is 0. The van der Waals surface area contributed by atoms with Crippen LogP contribution in [0.5, 0.6) is 0 Å². The molecule has 0 saturated carbocycles. The average Bonchev–Trinajstić information content (AvgIpc) is 3.11. The SMILES string of the molecule is CC[C@H](C)[C@H](NC(=O)[C@H](CO)NC(=O)[C@@H](N)Cc1c[nH]c2ccccc12)C(=O)O. The fraction of sp³-hybridized carbons (Fsp3) is 0.450. The first-order valence-corrected chi connectivity index (χ1v) is 9.53. The Hall–Kier alpha value is -2.91. The van der Waals surface area contributed by atoms with Crippen LogP contribution in [0.15, 0.2) is 30.5 Å². The summed E-state index contributed by atoms with van der Waals surface area (Å²) in [5.41, 5.74) is 7.77. The molecule has 0 saturated heterocycles. The molecule has 0 fully saturated rings. The molecular formula is C20H28N4O5. The smallest absolute Gasteiger partial charge is 0.326 e. The molecule has 0 bridgehead atoms. The second-order valence-corrected chi connectivity index (χ2v) is 7.12. The van der Waals surface area contributed by atoms with E-state index < -0.39 is 42.5 Å². The Morgan fingerprint density at radius 2 is 1.86 bits per heavy atom. The van der Waals surface area contributed by atoms with Crippen molar-refractivity contribution in [3.05, 3.63) is 36.0 Å². The molecule has 0 aliphatic heterocycles. The van der Waals surface area contributed by atoms with Gasteiger partial charge in [-0.1, -0.05) is 38.5 Å². The first kappa shape index (κ1) is 22.4. The standard InChI is InChI=1S/C20H28N4O5/c1-3-11(2)17(20(28)29)24-19(27)16(10-25)23-18(26)14(21)8-12-9-22-15-7-5-4-6-13(12)15/h4-7,9,11,14,16-17,22,25H,3,8,10,21H2,1-2H3,(H,23,26)(H,24,27)(H,28,29)/t11-,14-,16-,17-/m0/s1. The third-order valence-corrected chi connectivity index (χ3v) is 5.04. The van der Waals surface area contributed by atoms with Crippen LogP contribution >= 0.6 is 0 Å². The summed E-state index contributed by atoms with van der Waals surface area (Å²) in [6, 6.07) is 4.25. The number of carbonyl (C=O) groups is 3. The van der Waals surface area contributed by atoms with Gasteiger partial charge in [0.05, 0.1) is 12.6 Å². The van der Waals surface area contributed by atoms with E-state index >= 15 is 0 Å². The Morgan fingerprint density at radius 3 is 2.48 bits per heavy atom. The third kappa shape index (κ3) is 5.55. The lowest BCUT2D eigenvalue weighted by Gasteiger charge is -2.24. The summed E-state index contributed by atoms with van der Waals surface area (Å²) < 4.78 is 0. The number of aliphatic carboxylic acids is 1. The van der Waals surface area contributed by atoms with E-state index in [4.69, 9.17) is 5.73 Å². The number of hydrogen-bond donors (Lipinski definition) is 6. The first-order chi connectivity index (χ1) is 13.8. The van der Waals surface area contributed by atoms with Crippen LogP contribution in [0.2, 0.25) is 0 Å². The topological polar surface area (TPSA) is 158 Å². The number of carboxylic acids is 1. The minimum Gasteiger partial charge on any atom is -0.480 e. The molecule has 0 aliphatic rings. The van der Waals surface area contributed by atoms with E-state index in [2.05, 4.69) is 15.6 Å². The molecule has 9 nitrogen and oxygen atoms in total. The number of aliphatic hydroxyl groups excluding tert-OH is 1. The predicted octanol–water partition coefficient (Wildman–Crippen LogP) is 0.130. The van der Waals surface area contributed by atoms with E-state index in [0.29, 0.717) is 6.42 Å². The molecule has 2 aromatic rings. The molecule has 1 aromatic heterocycles. The van der Waals surface area contributed by atoms with Gasteiger partial charge in [-0.25, -0.2) is 4.79 Å². The van der Waals surface area contributed by atoms with Gasteiger partial charge in [-0.2, -0.15) is 0 Å². The summed E-state index contributed by atoms with van der Waals surface area (Å²) in [5, 5.41) is 24.5. The number of benzene rings is 1. The lowest BCUT2D eigenvalue weighted by molar-refractivity contribution is -0.144. The highest BCUT2D eigenvalue weighted by Crippen LogP contribution is 2.18. The van der Waals surface area contributed by atoms with Gasteiger partial charge < -0.3 is 31.6 Å². The van der Waals surface area contributed by atoms with Crippen LogP contribution in [-0.2, 0) is 20.8 Å².